The van der Waals surface area contributed by atoms with Crippen LogP contribution in [0.1, 0.15) is 21.4 Å². The Labute approximate surface area is 131 Å². The van der Waals surface area contributed by atoms with Crippen molar-refractivity contribution >= 4 is 27.5 Å². The molecule has 0 radical (unpaired) electrons. The molecule has 1 aromatic carbocycles. The monoisotopic (exact) mass is 317 g/mol. The Morgan fingerprint density at radius 2 is 2.18 bits per heavy atom. The molecule has 2 aromatic heterocycles. The molecule has 0 saturated carbocycles. The summed E-state index contributed by atoms with van der Waals surface area (Å²) in [6.45, 7) is 2.14. The molecule has 0 bridgehead atoms. The summed E-state index contributed by atoms with van der Waals surface area (Å²) in [5.41, 5.74) is 1.19. The maximum Gasteiger partial charge on any atom is 0.275 e. The number of thiazole rings is 1. The van der Waals surface area contributed by atoms with E-state index in [0.717, 1.165) is 15.2 Å². The summed E-state index contributed by atoms with van der Waals surface area (Å²) in [6, 6.07) is 5.74. The first-order valence-electron chi connectivity index (χ1n) is 6.69. The summed E-state index contributed by atoms with van der Waals surface area (Å²) >= 11 is 1.64. The van der Waals surface area contributed by atoms with Crippen LogP contribution in [-0.2, 0) is 6.61 Å². The minimum Gasteiger partial charge on any atom is -0.484 e. The first-order valence-corrected chi connectivity index (χ1v) is 7.50. The van der Waals surface area contributed by atoms with Crippen molar-refractivity contribution in [2.45, 2.75) is 13.5 Å². The van der Waals surface area contributed by atoms with Crippen LogP contribution in [0.4, 0.5) is 0 Å². The molecule has 3 aromatic rings. The summed E-state index contributed by atoms with van der Waals surface area (Å²) in [5, 5.41) is 1.02. The van der Waals surface area contributed by atoms with Crippen LogP contribution < -0.4 is 4.74 Å². The molecule has 114 valence electrons. The summed E-state index contributed by atoms with van der Waals surface area (Å²) in [6.07, 6.45) is 1.34. The molecule has 0 saturated heterocycles. The number of benzene rings is 1. The quantitative estimate of drug-likeness (QED) is 0.740. The van der Waals surface area contributed by atoms with Crippen molar-refractivity contribution in [1.29, 1.82) is 0 Å². The number of amides is 1. The molecule has 3 rings (SSSR count). The van der Waals surface area contributed by atoms with Gasteiger partial charge in [0, 0.05) is 20.2 Å². The summed E-state index contributed by atoms with van der Waals surface area (Å²) in [4.78, 5) is 21.7. The number of carbonyl (C=O) groups is 1. The number of hydrogen-bond acceptors (Lipinski definition) is 6. The van der Waals surface area contributed by atoms with Gasteiger partial charge in [-0.05, 0) is 19.1 Å². The van der Waals surface area contributed by atoms with E-state index >= 15 is 0 Å². The highest BCUT2D eigenvalue weighted by atomic mass is 32.1. The van der Waals surface area contributed by atoms with Crippen molar-refractivity contribution in [2.75, 3.05) is 14.1 Å². The van der Waals surface area contributed by atoms with Crippen LogP contribution in [0.15, 0.2) is 28.9 Å². The standard InChI is InChI=1S/C15H15N3O3S/c1-9-16-11-6-10(4-5-13(11)22-9)20-8-14-17-12(7-21-14)15(19)18(2)3/h4-7H,8H2,1-3H3. The van der Waals surface area contributed by atoms with E-state index in [1.807, 2.05) is 25.1 Å². The molecule has 0 unspecified atom stereocenters. The lowest BCUT2D eigenvalue weighted by Crippen LogP contribution is -2.22. The maximum absolute atomic E-state index is 11.7. The fraction of sp³-hybridized carbons (Fsp3) is 0.267. The molecule has 0 aliphatic carbocycles. The predicted octanol–water partition coefficient (Wildman–Crippen LogP) is 2.87. The Morgan fingerprint density at radius 3 is 2.95 bits per heavy atom. The van der Waals surface area contributed by atoms with Crippen LogP contribution in [0, 0.1) is 6.92 Å². The van der Waals surface area contributed by atoms with Crippen LogP contribution in [-0.4, -0.2) is 34.9 Å². The van der Waals surface area contributed by atoms with Gasteiger partial charge >= 0.3 is 0 Å². The number of aromatic nitrogens is 2. The van der Waals surface area contributed by atoms with Gasteiger partial charge in [-0.1, -0.05) is 0 Å². The molecular formula is C15H15N3O3S. The molecule has 0 aliphatic rings. The number of oxazole rings is 1. The average molecular weight is 317 g/mol. The summed E-state index contributed by atoms with van der Waals surface area (Å²) in [5.74, 6) is 0.852. The minimum atomic E-state index is -0.200. The van der Waals surface area contributed by atoms with Gasteiger partial charge in [-0.2, -0.15) is 0 Å². The zero-order valence-corrected chi connectivity index (χ0v) is 13.3. The van der Waals surface area contributed by atoms with E-state index in [0.29, 0.717) is 11.6 Å². The number of fused-ring (bicyclic) bond motifs is 1. The molecule has 2 heterocycles. The lowest BCUT2D eigenvalue weighted by Gasteiger charge is -2.06. The molecule has 1 amide bonds. The molecule has 0 atom stereocenters. The van der Waals surface area contributed by atoms with E-state index in [9.17, 15) is 4.79 Å². The Balaban J connectivity index is 1.69. The third-order valence-electron chi connectivity index (χ3n) is 3.01. The number of aryl methyl sites for hydroxylation is 1. The van der Waals surface area contributed by atoms with Gasteiger partial charge in [-0.25, -0.2) is 9.97 Å². The van der Waals surface area contributed by atoms with E-state index in [4.69, 9.17) is 9.15 Å². The molecule has 0 spiro atoms. The Hall–Kier alpha value is -2.41. The number of nitrogens with zero attached hydrogens (tertiary/aromatic N) is 3. The van der Waals surface area contributed by atoms with Gasteiger partial charge in [0.25, 0.3) is 5.91 Å². The summed E-state index contributed by atoms with van der Waals surface area (Å²) < 4.78 is 12.0. The Morgan fingerprint density at radius 1 is 1.36 bits per heavy atom. The molecular weight excluding hydrogens is 302 g/mol. The van der Waals surface area contributed by atoms with E-state index in [-0.39, 0.29) is 18.2 Å². The molecule has 7 heteroatoms. The van der Waals surface area contributed by atoms with Gasteiger partial charge < -0.3 is 14.1 Å². The zero-order valence-electron chi connectivity index (χ0n) is 12.5. The fourth-order valence-corrected chi connectivity index (χ4v) is 2.77. The lowest BCUT2D eigenvalue weighted by atomic mass is 10.3. The topological polar surface area (TPSA) is 68.5 Å². The predicted molar refractivity (Wildman–Crippen MR) is 83.2 cm³/mol. The van der Waals surface area contributed by atoms with Crippen LogP contribution in [0.3, 0.4) is 0 Å². The second-order valence-corrected chi connectivity index (χ2v) is 6.21. The number of carbonyl (C=O) groups excluding carboxylic acids is 1. The SMILES string of the molecule is Cc1nc2cc(OCc3nc(C(=O)N(C)C)co3)ccc2s1. The molecule has 0 N–H and O–H groups in total. The molecule has 0 aliphatic heterocycles. The van der Waals surface area contributed by atoms with Gasteiger partial charge in [0.2, 0.25) is 5.89 Å². The van der Waals surface area contributed by atoms with Crippen LogP contribution in [0.25, 0.3) is 10.2 Å². The second kappa shape index (κ2) is 5.76. The normalized spacial score (nSPS) is 10.9. The summed E-state index contributed by atoms with van der Waals surface area (Å²) in [7, 11) is 3.33. The maximum atomic E-state index is 11.7. The first-order chi connectivity index (χ1) is 10.5. The van der Waals surface area contributed by atoms with E-state index in [2.05, 4.69) is 9.97 Å². The Bertz CT molecular complexity index is 822. The lowest BCUT2D eigenvalue weighted by molar-refractivity contribution is 0.0822. The van der Waals surface area contributed by atoms with Gasteiger partial charge in [0.05, 0.1) is 15.2 Å². The van der Waals surface area contributed by atoms with Gasteiger partial charge in [-0.3, -0.25) is 4.79 Å². The van der Waals surface area contributed by atoms with Gasteiger partial charge in [0.1, 0.15) is 12.0 Å². The third kappa shape index (κ3) is 2.94. The second-order valence-electron chi connectivity index (χ2n) is 4.98. The molecule has 6 nitrogen and oxygen atoms in total. The van der Waals surface area contributed by atoms with Crippen molar-refractivity contribution in [2.24, 2.45) is 0 Å². The minimum absolute atomic E-state index is 0.162. The van der Waals surface area contributed by atoms with E-state index in [1.165, 1.54) is 11.2 Å². The number of rotatable bonds is 4. The third-order valence-corrected chi connectivity index (χ3v) is 3.96. The van der Waals surface area contributed by atoms with E-state index in [1.54, 1.807) is 25.4 Å². The largest absolute Gasteiger partial charge is 0.484 e. The van der Waals surface area contributed by atoms with Crippen molar-refractivity contribution in [1.82, 2.24) is 14.9 Å². The van der Waals surface area contributed by atoms with Crippen LogP contribution in [0.2, 0.25) is 0 Å². The van der Waals surface area contributed by atoms with E-state index < -0.39 is 0 Å². The highest BCUT2D eigenvalue weighted by Gasteiger charge is 2.14. The highest BCUT2D eigenvalue weighted by Crippen LogP contribution is 2.25. The zero-order chi connectivity index (χ0) is 15.7. The fourth-order valence-electron chi connectivity index (χ4n) is 1.96. The highest BCUT2D eigenvalue weighted by molar-refractivity contribution is 7.18. The van der Waals surface area contributed by atoms with Crippen LogP contribution >= 0.6 is 11.3 Å². The van der Waals surface area contributed by atoms with Crippen molar-refractivity contribution in [3.05, 3.63) is 41.1 Å². The van der Waals surface area contributed by atoms with Crippen LogP contribution in [0.5, 0.6) is 5.75 Å². The first kappa shape index (κ1) is 14.5. The molecule has 22 heavy (non-hydrogen) atoms. The van der Waals surface area contributed by atoms with Crippen molar-refractivity contribution in [3.63, 3.8) is 0 Å². The van der Waals surface area contributed by atoms with Crippen molar-refractivity contribution < 1.29 is 13.9 Å². The Kier molecular flexibility index (Phi) is 3.81. The average Bonchev–Trinajstić information content (AvgIpc) is 3.08. The van der Waals surface area contributed by atoms with Gasteiger partial charge in [0.15, 0.2) is 12.3 Å². The number of ether oxygens (including phenoxy) is 1. The van der Waals surface area contributed by atoms with Gasteiger partial charge in [-0.15, -0.1) is 11.3 Å². The van der Waals surface area contributed by atoms with Crippen molar-refractivity contribution in [3.8, 4) is 5.75 Å². The smallest absolute Gasteiger partial charge is 0.275 e. The molecule has 0 fully saturated rings. The number of hydrogen-bond donors (Lipinski definition) is 0.